The first-order valence-corrected chi connectivity index (χ1v) is 28.5. The second-order valence-corrected chi connectivity index (χ2v) is 32.1. The van der Waals surface area contributed by atoms with Gasteiger partial charge in [0.05, 0.1) is 0 Å². The van der Waals surface area contributed by atoms with Gasteiger partial charge in [-0.3, -0.25) is 0 Å². The fourth-order valence-corrected chi connectivity index (χ4v) is 10.9. The topological polar surface area (TPSA) is 0 Å². The van der Waals surface area contributed by atoms with Crippen molar-refractivity contribution in [2.75, 3.05) is 0 Å². The fraction of sp³-hybridized carbons (Fsp3) is 0.226. The van der Waals surface area contributed by atoms with Gasteiger partial charge < -0.3 is 24.8 Å². The van der Waals surface area contributed by atoms with Crippen molar-refractivity contribution < 1.29 is 64.4 Å². The molecule has 193 valence electrons. The summed E-state index contributed by atoms with van der Waals surface area (Å²) in [5.74, 6) is 1.00. The Morgan fingerprint density at radius 1 is 0.730 bits per heavy atom. The number of fused-ring (bicyclic) bond motifs is 2. The molecule has 2 aromatic carbocycles. The molecular formula is C31H33Cl4Zr2. The summed E-state index contributed by atoms with van der Waals surface area (Å²) in [6.07, 6.45) is 24.4. The van der Waals surface area contributed by atoms with Crippen molar-refractivity contribution in [2.45, 2.75) is 38.6 Å². The largest absolute Gasteiger partial charge is 1.00 e. The number of hydrogen-bond donors (Lipinski definition) is 0. The average molecular weight is 730 g/mol. The van der Waals surface area contributed by atoms with E-state index in [1.807, 2.05) is 10.7 Å². The van der Waals surface area contributed by atoms with Crippen LogP contribution in [0, 0.1) is 0 Å². The van der Waals surface area contributed by atoms with E-state index in [-0.39, 0.29) is 24.8 Å². The van der Waals surface area contributed by atoms with Crippen LogP contribution in [-0.2, 0) is 39.6 Å². The molecule has 0 heterocycles. The Labute approximate surface area is 255 Å². The normalized spacial score (nSPS) is 19.3. The van der Waals surface area contributed by atoms with Crippen LogP contribution < -0.4 is 24.8 Å². The number of benzene rings is 2. The van der Waals surface area contributed by atoms with Crippen LogP contribution in [0.3, 0.4) is 0 Å². The second-order valence-electron chi connectivity index (χ2n) is 9.56. The van der Waals surface area contributed by atoms with Crippen LogP contribution in [0.25, 0.3) is 12.2 Å². The zero-order valence-corrected chi connectivity index (χ0v) is 29.4. The van der Waals surface area contributed by atoms with E-state index >= 15 is 0 Å². The molecule has 0 spiro atoms. The van der Waals surface area contributed by atoms with E-state index in [4.69, 9.17) is 17.0 Å². The molecular weight excluding hydrogens is 697 g/mol. The zero-order valence-electron chi connectivity index (χ0n) is 21.5. The summed E-state index contributed by atoms with van der Waals surface area (Å²) < 4.78 is 9.90. The number of rotatable bonds is 3. The van der Waals surface area contributed by atoms with Gasteiger partial charge in [0.2, 0.25) is 0 Å². The molecule has 4 aliphatic rings. The first-order chi connectivity index (χ1) is 16.8. The maximum atomic E-state index is 6.01. The molecule has 0 saturated heterocycles. The molecule has 0 aliphatic heterocycles. The summed E-state index contributed by atoms with van der Waals surface area (Å²) in [7, 11) is 12.0. The Morgan fingerprint density at radius 3 is 1.57 bits per heavy atom. The maximum Gasteiger partial charge on any atom is -1.00 e. The van der Waals surface area contributed by atoms with Crippen LogP contribution in [0.4, 0.5) is 0 Å². The molecule has 0 nitrogen and oxygen atoms in total. The molecule has 2 unspecified atom stereocenters. The smallest absolute Gasteiger partial charge is 1.00 e. The predicted molar refractivity (Wildman–Crippen MR) is 149 cm³/mol. The van der Waals surface area contributed by atoms with Gasteiger partial charge in [-0.05, 0) is 22.3 Å². The van der Waals surface area contributed by atoms with E-state index in [2.05, 4.69) is 112 Å². The maximum absolute atomic E-state index is 6.01. The summed E-state index contributed by atoms with van der Waals surface area (Å²) >= 11 is -3.56. The summed E-state index contributed by atoms with van der Waals surface area (Å²) in [4.78, 5) is 0. The van der Waals surface area contributed by atoms with Crippen molar-refractivity contribution in [3.05, 3.63) is 126 Å². The molecule has 6 rings (SSSR count). The quantitative estimate of drug-likeness (QED) is 0.437. The third kappa shape index (κ3) is 8.90. The van der Waals surface area contributed by atoms with E-state index < -0.39 is 39.6 Å². The minimum absolute atomic E-state index is 0. The molecule has 6 heteroatoms. The average Bonchev–Trinajstić information content (AvgIpc) is 3.65. The van der Waals surface area contributed by atoms with Crippen LogP contribution >= 0.6 is 17.0 Å². The molecule has 0 N–H and O–H groups in total. The third-order valence-corrected chi connectivity index (χ3v) is 17.4. The Morgan fingerprint density at radius 2 is 1.22 bits per heavy atom. The van der Waals surface area contributed by atoms with Crippen LogP contribution in [0.1, 0.15) is 46.9 Å². The molecule has 0 radical (unpaired) electrons. The van der Waals surface area contributed by atoms with Crippen LogP contribution in [0.2, 0.25) is 13.9 Å². The van der Waals surface area contributed by atoms with E-state index in [0.717, 1.165) is 6.42 Å². The van der Waals surface area contributed by atoms with Gasteiger partial charge >= 0.3 is 126 Å². The van der Waals surface area contributed by atoms with E-state index in [0.29, 0.717) is 11.8 Å². The van der Waals surface area contributed by atoms with E-state index in [1.54, 1.807) is 3.28 Å². The van der Waals surface area contributed by atoms with Gasteiger partial charge in [-0.15, -0.1) is 0 Å². The van der Waals surface area contributed by atoms with Gasteiger partial charge in [0.15, 0.2) is 0 Å². The standard InChI is InChI=1S/C18H14.2C5H5.3CH3.4ClH.2Zr/c1-3-7-15-13(5-1)9-11-17(15)18-12-10-14-6-2-4-8-16(14)18;2*1-2-4-5-3-1;;;;;;;;;/h1-12,17-18H;2*1-3H,4H2;3*1H3;4*1H;;/q;;;;;;;;;;2*+2/p-4. The molecule has 2 aromatic rings. The van der Waals surface area contributed by atoms with Crippen molar-refractivity contribution in [3.8, 4) is 0 Å². The van der Waals surface area contributed by atoms with Gasteiger partial charge in [-0.2, -0.15) is 0 Å². The molecule has 0 bridgehead atoms. The monoisotopic (exact) mass is 725 g/mol. The first kappa shape index (κ1) is 33.0. The summed E-state index contributed by atoms with van der Waals surface area (Å²) in [6.45, 7) is 0. The minimum atomic E-state index is -2.65. The minimum Gasteiger partial charge on any atom is -1.00 e. The van der Waals surface area contributed by atoms with Gasteiger partial charge in [0.1, 0.15) is 0 Å². The predicted octanol–water partition coefficient (Wildman–Crippen LogP) is 4.50. The molecule has 0 aromatic heterocycles. The molecule has 4 aliphatic carbocycles. The molecule has 0 saturated carbocycles. The summed E-state index contributed by atoms with van der Waals surface area (Å²) in [5, 5.41) is 0. The third-order valence-electron chi connectivity index (χ3n) is 6.81. The second kappa shape index (κ2) is 15.6. The SMILES string of the molecule is C1=CC(C2C=Cc3ccccc32)c2ccccc21.[CH3][Zr+2]([CH3])[C]1=CC=CC1.[CH3][Zr]([Cl])([Cl])[C]1=CC=CC1.[Cl-].[Cl-]. The number of halogens is 4. The first-order valence-electron chi connectivity index (χ1n) is 12.3. The van der Waals surface area contributed by atoms with Crippen molar-refractivity contribution in [1.82, 2.24) is 0 Å². The van der Waals surface area contributed by atoms with Crippen molar-refractivity contribution in [2.24, 2.45) is 0 Å². The molecule has 0 amide bonds. The molecule has 2 atom stereocenters. The van der Waals surface area contributed by atoms with E-state index in [9.17, 15) is 0 Å². The van der Waals surface area contributed by atoms with Crippen LogP contribution in [0.15, 0.2) is 104 Å². The van der Waals surface area contributed by atoms with Crippen LogP contribution in [-0.4, -0.2) is 0 Å². The Hall–Kier alpha value is -0.194. The van der Waals surface area contributed by atoms with Crippen LogP contribution in [0.5, 0.6) is 0 Å². The van der Waals surface area contributed by atoms with Crippen molar-refractivity contribution in [1.29, 1.82) is 0 Å². The molecule has 0 fully saturated rings. The van der Waals surface area contributed by atoms with Gasteiger partial charge in [-0.1, -0.05) is 72.8 Å². The summed E-state index contributed by atoms with van der Waals surface area (Å²) in [5.41, 5.74) is 5.67. The van der Waals surface area contributed by atoms with Gasteiger partial charge in [0.25, 0.3) is 0 Å². The number of hydrogen-bond acceptors (Lipinski definition) is 0. The van der Waals surface area contributed by atoms with Gasteiger partial charge in [0, 0.05) is 11.8 Å². The van der Waals surface area contributed by atoms with E-state index in [1.165, 1.54) is 32.0 Å². The van der Waals surface area contributed by atoms with Crippen molar-refractivity contribution >= 4 is 29.2 Å². The Balaban J connectivity index is 0.000000216. The number of allylic oxidation sites excluding steroid dienone is 10. The fourth-order valence-electron chi connectivity index (χ4n) is 4.77. The zero-order chi connectivity index (χ0) is 24.8. The molecule has 37 heavy (non-hydrogen) atoms. The Bertz CT molecular complexity index is 1170. The summed E-state index contributed by atoms with van der Waals surface area (Å²) in [6, 6.07) is 17.4. The van der Waals surface area contributed by atoms with Gasteiger partial charge in [-0.25, -0.2) is 0 Å². The van der Waals surface area contributed by atoms with Crippen molar-refractivity contribution in [3.63, 3.8) is 0 Å². The Kier molecular flexibility index (Phi) is 13.9.